The zero-order valence-electron chi connectivity index (χ0n) is 23.5. The number of ketones is 1. The van der Waals surface area contributed by atoms with Gasteiger partial charge < -0.3 is 14.9 Å². The third kappa shape index (κ3) is 17.1. The van der Waals surface area contributed by atoms with Crippen LogP contribution in [0, 0.1) is 27.7 Å². The Morgan fingerprint density at radius 2 is 1.56 bits per heavy atom. The SMILES string of the molecule is C.CC1=CCC(=O)C=C1.CC1CCC(=O)N1.Cc1ccc[nH]c1=O.Cc1cn(C)cn1.Cc1cnc(C)cn1. The van der Waals surface area contributed by atoms with Crippen molar-refractivity contribution >= 4 is 11.7 Å². The zero-order chi connectivity index (χ0) is 28.5. The van der Waals surface area contributed by atoms with Crippen molar-refractivity contribution in [3.05, 3.63) is 100 Å². The van der Waals surface area contributed by atoms with Gasteiger partial charge in [-0.3, -0.25) is 24.4 Å². The second-order valence-electron chi connectivity index (χ2n) is 9.12. The van der Waals surface area contributed by atoms with Crippen molar-refractivity contribution < 1.29 is 9.59 Å². The van der Waals surface area contributed by atoms with Crippen molar-refractivity contribution in [2.75, 3.05) is 0 Å². The van der Waals surface area contributed by atoms with Crippen molar-refractivity contribution in [2.24, 2.45) is 7.05 Å². The van der Waals surface area contributed by atoms with Crippen molar-refractivity contribution in [1.82, 2.24) is 29.8 Å². The molecule has 1 saturated heterocycles. The number of carbonyl (C=O) groups excluding carboxylic acids is 2. The maximum absolute atomic E-state index is 10.6. The topological polar surface area (TPSA) is 123 Å². The quantitative estimate of drug-likeness (QED) is 0.422. The number of rotatable bonds is 0. The fourth-order valence-corrected chi connectivity index (χ4v) is 2.90. The largest absolute Gasteiger partial charge is 0.354 e. The Balaban J connectivity index is 0.000000460. The molecule has 1 atom stereocenters. The van der Waals surface area contributed by atoms with Crippen LogP contribution in [0.5, 0.6) is 0 Å². The van der Waals surface area contributed by atoms with Crippen LogP contribution in [0.15, 0.2) is 71.8 Å². The van der Waals surface area contributed by atoms with E-state index in [9.17, 15) is 14.4 Å². The summed E-state index contributed by atoms with van der Waals surface area (Å²) < 4.78 is 1.93. The second-order valence-corrected chi connectivity index (χ2v) is 9.12. The van der Waals surface area contributed by atoms with E-state index in [1.165, 1.54) is 5.57 Å². The Morgan fingerprint density at radius 3 is 1.82 bits per heavy atom. The summed E-state index contributed by atoms with van der Waals surface area (Å²) in [6.45, 7) is 11.6. The molecule has 2 aliphatic rings. The molecule has 1 aliphatic heterocycles. The lowest BCUT2D eigenvalue weighted by Crippen LogP contribution is -2.21. The minimum Gasteiger partial charge on any atom is -0.354 e. The van der Waals surface area contributed by atoms with Gasteiger partial charge in [0.15, 0.2) is 5.78 Å². The highest BCUT2D eigenvalue weighted by Gasteiger charge is 2.14. The van der Waals surface area contributed by atoms with E-state index in [0.717, 1.165) is 35.5 Å². The number of hydrogen-bond acceptors (Lipinski definition) is 6. The number of nitrogens with one attached hydrogen (secondary N) is 2. The summed E-state index contributed by atoms with van der Waals surface area (Å²) >= 11 is 0. The predicted molar refractivity (Wildman–Crippen MR) is 157 cm³/mol. The molecule has 9 nitrogen and oxygen atoms in total. The molecule has 212 valence electrons. The monoisotopic (exact) mass is 536 g/mol. The zero-order valence-corrected chi connectivity index (χ0v) is 23.5. The summed E-state index contributed by atoms with van der Waals surface area (Å²) in [6.07, 6.45) is 16.6. The minimum absolute atomic E-state index is 0. The maximum atomic E-state index is 10.6. The smallest absolute Gasteiger partial charge is 0.250 e. The Kier molecular flexibility index (Phi) is 17.0. The summed E-state index contributed by atoms with van der Waals surface area (Å²) in [5.41, 5.74) is 4.94. The number of carbonyl (C=O) groups is 2. The van der Waals surface area contributed by atoms with E-state index in [1.807, 2.05) is 64.6 Å². The average molecular weight is 537 g/mol. The molecule has 1 fully saturated rings. The Bertz CT molecular complexity index is 1220. The molecular formula is C30H44N6O3. The number of aromatic amines is 1. The molecule has 0 bridgehead atoms. The molecule has 3 aromatic heterocycles. The summed E-state index contributed by atoms with van der Waals surface area (Å²) in [7, 11) is 1.96. The van der Waals surface area contributed by atoms with Gasteiger partial charge in [0.05, 0.1) is 23.4 Å². The fourth-order valence-electron chi connectivity index (χ4n) is 2.90. The number of nitrogens with zero attached hydrogens (tertiary/aromatic N) is 4. The standard InChI is InChI=1S/C7H8O.C6H8N2.C6H7NO.C5H8N2.C5H9NO.CH4/c1-6-2-4-7(8)5-3-6;1-5-3-8-6(2)4-7-5;1-5-3-2-4-7-6(5)8;1-5-3-7(2)4-6-5;1-4-2-3-5(7)6-4;/h2-4H,5H2,1H3;3-4H,1-2H3;2-4H,1H3,(H,7,8);3-4H,1-2H3;4H,2-3H2,1H3,(H,6,7);1H4. The lowest BCUT2D eigenvalue weighted by molar-refractivity contribution is -0.119. The first kappa shape index (κ1) is 34.9. The molecule has 9 heteroatoms. The van der Waals surface area contributed by atoms with Gasteiger partial charge in [0.2, 0.25) is 5.91 Å². The van der Waals surface area contributed by atoms with Gasteiger partial charge in [-0.15, -0.1) is 0 Å². The lowest BCUT2D eigenvalue weighted by atomic mass is 10.1. The van der Waals surface area contributed by atoms with Crippen molar-refractivity contribution in [3.8, 4) is 0 Å². The number of H-pyrrole nitrogens is 1. The van der Waals surface area contributed by atoms with Gasteiger partial charge in [-0.25, -0.2) is 4.98 Å². The highest BCUT2D eigenvalue weighted by molar-refractivity contribution is 5.92. The van der Waals surface area contributed by atoms with Crippen LogP contribution in [0.4, 0.5) is 0 Å². The molecule has 0 aromatic carbocycles. The average Bonchev–Trinajstić information content (AvgIpc) is 3.46. The first-order chi connectivity index (χ1) is 18.0. The van der Waals surface area contributed by atoms with E-state index in [1.54, 1.807) is 50.1 Å². The number of aryl methyl sites for hydroxylation is 5. The maximum Gasteiger partial charge on any atom is 0.250 e. The van der Waals surface area contributed by atoms with E-state index in [-0.39, 0.29) is 24.7 Å². The number of amides is 1. The number of pyridine rings is 1. The van der Waals surface area contributed by atoms with Crippen LogP contribution in [-0.2, 0) is 16.6 Å². The first-order valence-electron chi connectivity index (χ1n) is 12.5. The molecule has 1 amide bonds. The number of hydrogen-bond donors (Lipinski definition) is 2. The molecule has 0 radical (unpaired) electrons. The van der Waals surface area contributed by atoms with Crippen LogP contribution in [0.25, 0.3) is 0 Å². The summed E-state index contributed by atoms with van der Waals surface area (Å²) in [5.74, 6) is 0.406. The van der Waals surface area contributed by atoms with Crippen molar-refractivity contribution in [3.63, 3.8) is 0 Å². The Hall–Kier alpha value is -4.14. The van der Waals surface area contributed by atoms with Crippen LogP contribution in [0.1, 0.15) is 63.2 Å². The predicted octanol–water partition coefficient (Wildman–Crippen LogP) is 4.89. The van der Waals surface area contributed by atoms with Gasteiger partial charge in [-0.2, -0.15) is 0 Å². The number of aromatic nitrogens is 5. The molecule has 1 aliphatic carbocycles. The molecule has 3 aromatic rings. The van der Waals surface area contributed by atoms with E-state index >= 15 is 0 Å². The number of allylic oxidation sites excluding steroid dienone is 4. The molecule has 5 rings (SSSR count). The molecule has 4 heterocycles. The Morgan fingerprint density at radius 1 is 0.923 bits per heavy atom. The van der Waals surface area contributed by atoms with Crippen LogP contribution < -0.4 is 10.9 Å². The molecule has 39 heavy (non-hydrogen) atoms. The summed E-state index contributed by atoms with van der Waals surface area (Å²) in [6, 6.07) is 4.00. The van der Waals surface area contributed by atoms with Crippen molar-refractivity contribution in [1.29, 1.82) is 0 Å². The Labute approximate surface area is 232 Å². The molecule has 2 N–H and O–H groups in total. The van der Waals surface area contributed by atoms with Crippen molar-refractivity contribution in [2.45, 2.75) is 74.3 Å². The summed E-state index contributed by atoms with van der Waals surface area (Å²) in [5, 5.41) is 2.78. The van der Waals surface area contributed by atoms with E-state index < -0.39 is 0 Å². The fraction of sp³-hybridized carbons (Fsp3) is 0.400. The van der Waals surface area contributed by atoms with Gasteiger partial charge in [0, 0.05) is 56.3 Å². The molecule has 0 saturated carbocycles. The summed E-state index contributed by atoms with van der Waals surface area (Å²) in [4.78, 5) is 45.9. The lowest BCUT2D eigenvalue weighted by Gasteiger charge is -1.96. The van der Waals surface area contributed by atoms with E-state index in [2.05, 4.69) is 25.3 Å². The van der Waals surface area contributed by atoms with Crippen LogP contribution in [0.2, 0.25) is 0 Å². The molecule has 0 spiro atoms. The van der Waals surface area contributed by atoms with Gasteiger partial charge in [-0.1, -0.05) is 31.2 Å². The first-order valence-corrected chi connectivity index (χ1v) is 12.5. The molecule has 1 unspecified atom stereocenters. The normalized spacial score (nSPS) is 14.7. The third-order valence-corrected chi connectivity index (χ3v) is 5.13. The highest BCUT2D eigenvalue weighted by Crippen LogP contribution is 2.04. The highest BCUT2D eigenvalue weighted by atomic mass is 16.2. The van der Waals surface area contributed by atoms with Gasteiger partial charge in [0.25, 0.3) is 5.56 Å². The van der Waals surface area contributed by atoms with Crippen LogP contribution in [-0.4, -0.2) is 42.2 Å². The van der Waals surface area contributed by atoms with Crippen LogP contribution >= 0.6 is 0 Å². The van der Waals surface area contributed by atoms with E-state index in [0.29, 0.717) is 12.5 Å². The van der Waals surface area contributed by atoms with E-state index in [4.69, 9.17) is 0 Å². The third-order valence-electron chi connectivity index (χ3n) is 5.13. The second kappa shape index (κ2) is 19.0. The van der Waals surface area contributed by atoms with Gasteiger partial charge in [-0.05, 0) is 60.1 Å². The van der Waals surface area contributed by atoms with Gasteiger partial charge in [0.1, 0.15) is 0 Å². The minimum atomic E-state index is -0.00694. The molecular weight excluding hydrogens is 492 g/mol. The number of imidazole rings is 1. The van der Waals surface area contributed by atoms with Gasteiger partial charge >= 0.3 is 0 Å². The van der Waals surface area contributed by atoms with Crippen LogP contribution in [0.3, 0.4) is 0 Å².